The topological polar surface area (TPSA) is 90.8 Å². The zero-order chi connectivity index (χ0) is 19.5. The number of nitrogens with two attached hydrogens (primary N) is 1. The fourth-order valence-electron chi connectivity index (χ4n) is 2.90. The van der Waals surface area contributed by atoms with Gasteiger partial charge in [-0.2, -0.15) is 10.2 Å². The molecule has 8 heteroatoms. The molecule has 3 heterocycles. The Morgan fingerprint density at radius 2 is 2.04 bits per heavy atom. The Morgan fingerprint density at radius 1 is 1.21 bits per heavy atom. The fraction of sp³-hybridized carbons (Fsp3) is 0.150. The van der Waals surface area contributed by atoms with E-state index in [1.807, 2.05) is 61.7 Å². The monoisotopic (exact) mass is 392 g/mol. The van der Waals surface area contributed by atoms with Crippen molar-refractivity contribution in [1.82, 2.24) is 19.6 Å². The van der Waals surface area contributed by atoms with E-state index < -0.39 is 0 Å². The quantitative estimate of drug-likeness (QED) is 0.527. The van der Waals surface area contributed by atoms with E-state index in [0.717, 1.165) is 26.7 Å². The highest BCUT2D eigenvalue weighted by molar-refractivity contribution is 7.15. The lowest BCUT2D eigenvalue weighted by Gasteiger charge is -2.09. The molecule has 0 atom stereocenters. The summed E-state index contributed by atoms with van der Waals surface area (Å²) in [5.74, 6) is 0.465. The lowest BCUT2D eigenvalue weighted by molar-refractivity contribution is -0.116. The maximum atomic E-state index is 12.5. The van der Waals surface area contributed by atoms with E-state index in [4.69, 9.17) is 5.73 Å². The molecule has 3 aromatic heterocycles. The van der Waals surface area contributed by atoms with Gasteiger partial charge in [-0.05, 0) is 31.2 Å². The van der Waals surface area contributed by atoms with E-state index in [0.29, 0.717) is 12.4 Å². The number of nitrogens with zero attached hydrogens (tertiary/aromatic N) is 4. The molecule has 0 saturated carbocycles. The third kappa shape index (κ3) is 3.88. The van der Waals surface area contributed by atoms with Crippen LogP contribution in [0.15, 0.2) is 60.9 Å². The molecule has 0 aliphatic carbocycles. The van der Waals surface area contributed by atoms with Gasteiger partial charge in [0.05, 0.1) is 17.6 Å². The molecule has 4 rings (SSSR count). The number of aryl methyl sites for hydroxylation is 1. The van der Waals surface area contributed by atoms with Gasteiger partial charge in [-0.25, -0.2) is 4.68 Å². The number of amides is 1. The van der Waals surface area contributed by atoms with Gasteiger partial charge in [-0.15, -0.1) is 11.3 Å². The second-order valence-corrected chi connectivity index (χ2v) is 7.53. The van der Waals surface area contributed by atoms with E-state index in [1.54, 1.807) is 26.9 Å². The summed E-state index contributed by atoms with van der Waals surface area (Å²) in [6, 6.07) is 15.6. The van der Waals surface area contributed by atoms with Crippen molar-refractivity contribution < 1.29 is 4.79 Å². The van der Waals surface area contributed by atoms with E-state index in [1.165, 1.54) is 0 Å². The minimum absolute atomic E-state index is 0.119. The number of rotatable bonds is 6. The molecule has 1 aromatic carbocycles. The number of anilines is 1. The summed E-state index contributed by atoms with van der Waals surface area (Å²) in [6.07, 6.45) is 3.63. The highest BCUT2D eigenvalue weighted by atomic mass is 32.1. The normalized spacial score (nSPS) is 10.9. The van der Waals surface area contributed by atoms with Gasteiger partial charge in [0.2, 0.25) is 5.91 Å². The molecule has 0 aliphatic rings. The second-order valence-electron chi connectivity index (χ2n) is 6.36. The van der Waals surface area contributed by atoms with Crippen LogP contribution in [0, 0.1) is 6.92 Å². The first-order valence-corrected chi connectivity index (χ1v) is 9.67. The van der Waals surface area contributed by atoms with Gasteiger partial charge in [-0.1, -0.05) is 18.2 Å². The van der Waals surface area contributed by atoms with Crippen molar-refractivity contribution in [1.29, 1.82) is 0 Å². The van der Waals surface area contributed by atoms with Crippen molar-refractivity contribution >= 4 is 23.1 Å². The molecule has 4 aromatic rings. The van der Waals surface area contributed by atoms with Crippen LogP contribution in [0.5, 0.6) is 0 Å². The number of carbonyl (C=O) groups is 1. The minimum atomic E-state index is -0.166. The van der Waals surface area contributed by atoms with Gasteiger partial charge in [-0.3, -0.25) is 9.48 Å². The Kier molecular flexibility index (Phi) is 5.05. The van der Waals surface area contributed by atoms with Crippen LogP contribution >= 0.6 is 11.3 Å². The molecule has 28 heavy (non-hydrogen) atoms. The number of aromatic nitrogens is 4. The van der Waals surface area contributed by atoms with Crippen LogP contribution in [0.25, 0.3) is 16.1 Å². The Balaban J connectivity index is 1.47. The second kappa shape index (κ2) is 7.79. The lowest BCUT2D eigenvalue weighted by Crippen LogP contribution is -2.20. The van der Waals surface area contributed by atoms with Crippen LogP contribution in [-0.4, -0.2) is 25.5 Å². The smallest absolute Gasteiger partial charge is 0.247 e. The highest BCUT2D eigenvalue weighted by Crippen LogP contribution is 2.27. The Bertz CT molecular complexity index is 1100. The summed E-state index contributed by atoms with van der Waals surface area (Å²) in [6.45, 7) is 2.54. The molecular formula is C20H20N6OS. The third-order valence-electron chi connectivity index (χ3n) is 4.19. The van der Waals surface area contributed by atoms with Gasteiger partial charge < -0.3 is 11.1 Å². The number of hydrogen-bond donors (Lipinski definition) is 2. The standard InChI is InChI=1S/C20H20N6OS/c1-14-9-19(26(24-14)16-5-3-2-4-6-16)23-20(27)13-25-12-15(11-22-25)18-8-7-17(10-21)28-18/h2-9,11-12H,10,13,21H2,1H3,(H,23,27). The van der Waals surface area contributed by atoms with Crippen molar-refractivity contribution in [2.24, 2.45) is 5.73 Å². The van der Waals surface area contributed by atoms with E-state index >= 15 is 0 Å². The number of carbonyl (C=O) groups excluding carboxylic acids is 1. The predicted molar refractivity (Wildman–Crippen MR) is 110 cm³/mol. The lowest BCUT2D eigenvalue weighted by atomic mass is 10.3. The molecular weight excluding hydrogens is 372 g/mol. The molecule has 142 valence electrons. The van der Waals surface area contributed by atoms with Crippen LogP contribution in [0.4, 0.5) is 5.82 Å². The average Bonchev–Trinajstić information content (AvgIpc) is 3.42. The minimum Gasteiger partial charge on any atom is -0.326 e. The van der Waals surface area contributed by atoms with Crippen LogP contribution in [0.3, 0.4) is 0 Å². The Morgan fingerprint density at radius 3 is 2.79 bits per heavy atom. The number of thiophene rings is 1. The Hall–Kier alpha value is -3.23. The van der Waals surface area contributed by atoms with Crippen LogP contribution in [0.2, 0.25) is 0 Å². The van der Waals surface area contributed by atoms with Gasteiger partial charge in [0.15, 0.2) is 0 Å². The molecule has 0 spiro atoms. The maximum absolute atomic E-state index is 12.5. The zero-order valence-electron chi connectivity index (χ0n) is 15.4. The molecule has 1 amide bonds. The van der Waals surface area contributed by atoms with Gasteiger partial charge >= 0.3 is 0 Å². The van der Waals surface area contributed by atoms with Crippen molar-refractivity contribution in [2.45, 2.75) is 20.0 Å². The van der Waals surface area contributed by atoms with Crippen LogP contribution < -0.4 is 11.1 Å². The third-order valence-corrected chi connectivity index (χ3v) is 5.34. The van der Waals surface area contributed by atoms with Crippen LogP contribution in [0.1, 0.15) is 10.6 Å². The molecule has 3 N–H and O–H groups in total. The summed E-state index contributed by atoms with van der Waals surface area (Å²) in [7, 11) is 0. The van der Waals surface area contributed by atoms with Gasteiger partial charge in [0, 0.05) is 34.1 Å². The van der Waals surface area contributed by atoms with Crippen LogP contribution in [-0.2, 0) is 17.9 Å². The summed E-state index contributed by atoms with van der Waals surface area (Å²) in [5.41, 5.74) is 8.36. The van der Waals surface area contributed by atoms with Gasteiger partial charge in [0.1, 0.15) is 12.4 Å². The summed E-state index contributed by atoms with van der Waals surface area (Å²) in [4.78, 5) is 14.7. The molecule has 0 unspecified atom stereocenters. The molecule has 0 radical (unpaired) electrons. The number of hydrogen-bond acceptors (Lipinski definition) is 5. The van der Waals surface area contributed by atoms with Crippen molar-refractivity contribution in [3.05, 3.63) is 71.5 Å². The largest absolute Gasteiger partial charge is 0.326 e. The van der Waals surface area contributed by atoms with Crippen molar-refractivity contribution in [3.63, 3.8) is 0 Å². The molecule has 0 bridgehead atoms. The first-order valence-electron chi connectivity index (χ1n) is 8.86. The van der Waals surface area contributed by atoms with E-state index in [-0.39, 0.29) is 12.5 Å². The van der Waals surface area contributed by atoms with Gasteiger partial charge in [0.25, 0.3) is 0 Å². The predicted octanol–water partition coefficient (Wildman–Crippen LogP) is 3.20. The van der Waals surface area contributed by atoms with E-state index in [9.17, 15) is 4.79 Å². The fourth-order valence-corrected chi connectivity index (χ4v) is 3.77. The maximum Gasteiger partial charge on any atom is 0.247 e. The van der Waals surface area contributed by atoms with Crippen molar-refractivity contribution in [2.75, 3.05) is 5.32 Å². The average molecular weight is 392 g/mol. The SMILES string of the molecule is Cc1cc(NC(=O)Cn2cc(-c3ccc(CN)s3)cn2)n(-c2ccccc2)n1. The zero-order valence-corrected chi connectivity index (χ0v) is 16.2. The number of nitrogens with one attached hydrogen (secondary N) is 1. The van der Waals surface area contributed by atoms with Crippen molar-refractivity contribution in [3.8, 4) is 16.1 Å². The number of benzene rings is 1. The molecule has 0 fully saturated rings. The summed E-state index contributed by atoms with van der Waals surface area (Å²) in [5, 5.41) is 11.7. The highest BCUT2D eigenvalue weighted by Gasteiger charge is 2.12. The first kappa shape index (κ1) is 18.1. The molecule has 7 nitrogen and oxygen atoms in total. The Labute approximate surface area is 166 Å². The first-order chi connectivity index (χ1) is 13.6. The summed E-state index contributed by atoms with van der Waals surface area (Å²) >= 11 is 1.63. The summed E-state index contributed by atoms with van der Waals surface area (Å²) < 4.78 is 3.35. The number of para-hydroxylation sites is 1. The molecule has 0 aliphatic heterocycles. The van der Waals surface area contributed by atoms with E-state index in [2.05, 4.69) is 15.5 Å². The molecule has 0 saturated heterocycles.